The van der Waals surface area contributed by atoms with Gasteiger partial charge in [-0.2, -0.15) is 0 Å². The lowest BCUT2D eigenvalue weighted by molar-refractivity contribution is 0.0273. The Bertz CT molecular complexity index is 910. The highest BCUT2D eigenvalue weighted by atomic mass is 16.5. The molecule has 0 N–H and O–H groups in total. The van der Waals surface area contributed by atoms with Crippen LogP contribution < -0.4 is 0 Å². The van der Waals surface area contributed by atoms with Gasteiger partial charge in [0.15, 0.2) is 5.88 Å². The molecule has 0 spiro atoms. The zero-order valence-corrected chi connectivity index (χ0v) is 18.1. The topological polar surface area (TPSA) is 28.6 Å². The average Bonchev–Trinajstić information content (AvgIpc) is 3.22. The Morgan fingerprint density at radius 3 is 2.60 bits per heavy atom. The van der Waals surface area contributed by atoms with E-state index < -0.39 is 0 Å². The normalized spacial score (nSPS) is 22.3. The van der Waals surface area contributed by atoms with Crippen molar-refractivity contribution in [1.29, 1.82) is 0 Å². The lowest BCUT2D eigenvalue weighted by Gasteiger charge is -2.41. The summed E-state index contributed by atoms with van der Waals surface area (Å²) in [5, 5.41) is 0. The Balaban J connectivity index is 1.36. The van der Waals surface area contributed by atoms with Gasteiger partial charge in [-0.25, -0.2) is 0 Å². The minimum absolute atomic E-state index is 0.241. The van der Waals surface area contributed by atoms with Crippen LogP contribution in [0.3, 0.4) is 0 Å². The van der Waals surface area contributed by atoms with Crippen molar-refractivity contribution in [3.05, 3.63) is 76.9 Å². The van der Waals surface area contributed by atoms with Crippen LogP contribution in [0.5, 0.6) is 0 Å². The molecule has 30 heavy (non-hydrogen) atoms. The van der Waals surface area contributed by atoms with Crippen LogP contribution in [0.1, 0.15) is 59.7 Å². The molecule has 2 heterocycles. The molecule has 4 heteroatoms. The molecule has 1 aromatic carbocycles. The van der Waals surface area contributed by atoms with Crippen LogP contribution in [0.15, 0.2) is 49.0 Å². The fourth-order valence-corrected chi connectivity index (χ4v) is 5.42. The molecule has 0 amide bonds. The lowest BCUT2D eigenvalue weighted by Crippen LogP contribution is -2.48. The summed E-state index contributed by atoms with van der Waals surface area (Å²) in [5.41, 5.74) is 6.90. The van der Waals surface area contributed by atoms with E-state index in [-0.39, 0.29) is 6.04 Å². The van der Waals surface area contributed by atoms with Crippen LogP contribution in [0, 0.1) is 6.92 Å². The Morgan fingerprint density at radius 2 is 1.80 bits per heavy atom. The van der Waals surface area contributed by atoms with E-state index in [2.05, 4.69) is 53.6 Å². The van der Waals surface area contributed by atoms with Gasteiger partial charge in [-0.3, -0.25) is 9.88 Å². The van der Waals surface area contributed by atoms with Gasteiger partial charge < -0.3 is 9.64 Å². The number of hydrogen-bond donors (Lipinski definition) is 0. The van der Waals surface area contributed by atoms with Gasteiger partial charge in [0.25, 0.3) is 0 Å². The van der Waals surface area contributed by atoms with E-state index in [1.54, 1.807) is 0 Å². The summed E-state index contributed by atoms with van der Waals surface area (Å²) >= 11 is 0. The van der Waals surface area contributed by atoms with Crippen LogP contribution in [0.4, 0.5) is 0 Å². The molecule has 1 aliphatic heterocycles. The number of rotatable bonds is 4. The van der Waals surface area contributed by atoms with Gasteiger partial charge in [-0.05, 0) is 74.8 Å². The molecule has 2 fully saturated rings. The summed E-state index contributed by atoms with van der Waals surface area (Å²) in [6.07, 6.45) is 9.44. The van der Waals surface area contributed by atoms with Crippen LogP contribution >= 0.6 is 0 Å². The smallest absolute Gasteiger partial charge is 0.182 e. The Labute approximate surface area is 180 Å². The number of aryl methyl sites for hydroxylation is 3. The van der Waals surface area contributed by atoms with Crippen molar-refractivity contribution in [2.24, 2.45) is 0 Å². The number of ether oxygens (including phenoxy) is 1. The standard InChI is InChI=1S/C26H33N3O/c1-19-9-12-24-22(18-19)11-10-21-6-5-13-27-25(21)26(24)29-16-14-28(15-17-29)20(2)30-23-7-3-4-8-23/h5-6,9,12-13,18,23,26H,2-4,7-8,10-11,14-17H2,1H3/t26-/m0/s1. The molecule has 1 saturated carbocycles. The largest absolute Gasteiger partial charge is 0.476 e. The summed E-state index contributed by atoms with van der Waals surface area (Å²) in [5.74, 6) is 0.872. The lowest BCUT2D eigenvalue weighted by atomic mass is 9.94. The van der Waals surface area contributed by atoms with Gasteiger partial charge >= 0.3 is 0 Å². The molecule has 4 nitrogen and oxygen atoms in total. The van der Waals surface area contributed by atoms with E-state index in [9.17, 15) is 0 Å². The van der Waals surface area contributed by atoms with Crippen molar-refractivity contribution in [3.63, 3.8) is 0 Å². The quantitative estimate of drug-likeness (QED) is 0.696. The summed E-state index contributed by atoms with van der Waals surface area (Å²) in [7, 11) is 0. The molecule has 1 saturated heterocycles. The van der Waals surface area contributed by atoms with Gasteiger partial charge in [0.1, 0.15) is 6.10 Å². The molecule has 1 atom stereocenters. The Morgan fingerprint density at radius 1 is 1.03 bits per heavy atom. The molecule has 0 radical (unpaired) electrons. The number of pyridine rings is 1. The second-order valence-corrected chi connectivity index (χ2v) is 9.09. The Kier molecular flexibility index (Phi) is 5.51. The summed E-state index contributed by atoms with van der Waals surface area (Å²) in [6.45, 7) is 10.4. The molecule has 0 bridgehead atoms. The average molecular weight is 404 g/mol. The zero-order chi connectivity index (χ0) is 20.5. The van der Waals surface area contributed by atoms with Gasteiger partial charge in [0.05, 0.1) is 11.7 Å². The van der Waals surface area contributed by atoms with E-state index in [0.29, 0.717) is 6.10 Å². The van der Waals surface area contributed by atoms with Gasteiger partial charge in [-0.15, -0.1) is 0 Å². The van der Waals surface area contributed by atoms with Crippen molar-refractivity contribution < 1.29 is 4.74 Å². The molecule has 158 valence electrons. The maximum atomic E-state index is 6.18. The van der Waals surface area contributed by atoms with E-state index in [1.807, 2.05) is 6.20 Å². The number of aromatic nitrogens is 1. The van der Waals surface area contributed by atoms with Crippen LogP contribution in [0.2, 0.25) is 0 Å². The summed E-state index contributed by atoms with van der Waals surface area (Å²) in [4.78, 5) is 9.83. The minimum atomic E-state index is 0.241. The van der Waals surface area contributed by atoms with Crippen LogP contribution in [0.25, 0.3) is 0 Å². The number of hydrogen-bond acceptors (Lipinski definition) is 4. The summed E-state index contributed by atoms with van der Waals surface area (Å²) < 4.78 is 6.18. The first kappa shape index (κ1) is 19.6. The third-order valence-corrected chi connectivity index (χ3v) is 7.08. The van der Waals surface area contributed by atoms with E-state index in [4.69, 9.17) is 9.72 Å². The van der Waals surface area contributed by atoms with E-state index in [0.717, 1.165) is 44.9 Å². The fraction of sp³-hybridized carbons (Fsp3) is 0.500. The van der Waals surface area contributed by atoms with Crippen molar-refractivity contribution in [2.75, 3.05) is 26.2 Å². The first-order valence-electron chi connectivity index (χ1n) is 11.6. The van der Waals surface area contributed by atoms with E-state index >= 15 is 0 Å². The van der Waals surface area contributed by atoms with Crippen LogP contribution in [-0.2, 0) is 17.6 Å². The number of nitrogens with zero attached hydrogens (tertiary/aromatic N) is 3. The van der Waals surface area contributed by atoms with Crippen molar-refractivity contribution in [3.8, 4) is 0 Å². The monoisotopic (exact) mass is 403 g/mol. The third kappa shape index (κ3) is 3.85. The predicted molar refractivity (Wildman–Crippen MR) is 120 cm³/mol. The molecule has 5 rings (SSSR count). The zero-order valence-electron chi connectivity index (χ0n) is 18.1. The Hall–Kier alpha value is -2.33. The molecule has 1 aromatic heterocycles. The van der Waals surface area contributed by atoms with Gasteiger partial charge in [0.2, 0.25) is 0 Å². The third-order valence-electron chi connectivity index (χ3n) is 7.08. The second kappa shape index (κ2) is 8.43. The van der Waals surface area contributed by atoms with Crippen LogP contribution in [-0.4, -0.2) is 47.1 Å². The summed E-state index contributed by atoms with van der Waals surface area (Å²) in [6, 6.07) is 11.6. The van der Waals surface area contributed by atoms with Crippen molar-refractivity contribution in [1.82, 2.24) is 14.8 Å². The number of fused-ring (bicyclic) bond motifs is 2. The SMILES string of the molecule is C=C(OC1CCCC1)N1CCN([C@H]2c3ccc(C)cc3CCc3cccnc32)CC1. The second-order valence-electron chi connectivity index (χ2n) is 9.09. The molecular weight excluding hydrogens is 370 g/mol. The number of piperazine rings is 1. The van der Waals surface area contributed by atoms with Gasteiger partial charge in [0, 0.05) is 32.4 Å². The predicted octanol–water partition coefficient (Wildman–Crippen LogP) is 4.63. The maximum absolute atomic E-state index is 6.18. The molecule has 0 unspecified atom stereocenters. The minimum Gasteiger partial charge on any atom is -0.476 e. The molecule has 2 aromatic rings. The fourth-order valence-electron chi connectivity index (χ4n) is 5.42. The van der Waals surface area contributed by atoms with E-state index in [1.165, 1.54) is 53.6 Å². The first-order chi connectivity index (χ1) is 14.7. The highest BCUT2D eigenvalue weighted by Gasteiger charge is 2.32. The number of benzene rings is 1. The molecular formula is C26H33N3O. The van der Waals surface area contributed by atoms with Crippen molar-refractivity contribution in [2.45, 2.75) is 57.6 Å². The maximum Gasteiger partial charge on any atom is 0.182 e. The highest BCUT2D eigenvalue weighted by Crippen LogP contribution is 2.36. The first-order valence-corrected chi connectivity index (χ1v) is 11.6. The molecule has 3 aliphatic rings. The van der Waals surface area contributed by atoms with Gasteiger partial charge in [-0.1, -0.05) is 29.8 Å². The molecule has 2 aliphatic carbocycles. The highest BCUT2D eigenvalue weighted by molar-refractivity contribution is 5.43. The van der Waals surface area contributed by atoms with Crippen molar-refractivity contribution >= 4 is 0 Å².